The zero-order valence-electron chi connectivity index (χ0n) is 11.5. The Kier molecular flexibility index (Phi) is 4.88. The van der Waals surface area contributed by atoms with Crippen molar-refractivity contribution in [3.63, 3.8) is 0 Å². The third-order valence-electron chi connectivity index (χ3n) is 3.21. The van der Waals surface area contributed by atoms with Gasteiger partial charge < -0.3 is 19.5 Å². The number of nitrogens with zero attached hydrogens (tertiary/aromatic N) is 1. The van der Waals surface area contributed by atoms with E-state index >= 15 is 0 Å². The second-order valence-corrected chi connectivity index (χ2v) is 5.47. The first-order valence-corrected chi connectivity index (χ1v) is 7.55. The lowest BCUT2D eigenvalue weighted by atomic mass is 10.1. The summed E-state index contributed by atoms with van der Waals surface area (Å²) < 4.78 is 10.7. The monoisotopic (exact) mass is 343 g/mol. The molecule has 1 amide bonds. The molecule has 5 nitrogen and oxygen atoms in total. The molecule has 2 rings (SSSR count). The molecule has 0 bridgehead atoms. The highest BCUT2D eigenvalue weighted by molar-refractivity contribution is 9.09. The summed E-state index contributed by atoms with van der Waals surface area (Å²) in [5, 5.41) is 10.5. The van der Waals surface area contributed by atoms with Gasteiger partial charge in [0.2, 0.25) is 0 Å². The van der Waals surface area contributed by atoms with Crippen LogP contribution in [0.25, 0.3) is 0 Å². The molecule has 0 aromatic heterocycles. The number of alkyl halides is 1. The number of morpholine rings is 1. The molecule has 1 heterocycles. The summed E-state index contributed by atoms with van der Waals surface area (Å²) in [5.41, 5.74) is 0.450. The zero-order chi connectivity index (χ0) is 14.7. The van der Waals surface area contributed by atoms with Gasteiger partial charge in [-0.25, -0.2) is 0 Å². The van der Waals surface area contributed by atoms with Gasteiger partial charge in [-0.15, -0.1) is 0 Å². The Balaban J connectivity index is 2.16. The summed E-state index contributed by atoms with van der Waals surface area (Å²) in [7, 11) is 1.47. The van der Waals surface area contributed by atoms with Crippen molar-refractivity contribution < 1.29 is 19.4 Å². The molecule has 20 heavy (non-hydrogen) atoms. The number of ether oxygens (including phenoxy) is 2. The van der Waals surface area contributed by atoms with Gasteiger partial charge >= 0.3 is 0 Å². The number of phenolic OH excluding ortho intramolecular Hbond substituents is 1. The molecule has 1 aromatic rings. The molecule has 0 aliphatic carbocycles. The van der Waals surface area contributed by atoms with Gasteiger partial charge in [0.1, 0.15) is 0 Å². The summed E-state index contributed by atoms with van der Waals surface area (Å²) >= 11 is 3.38. The largest absolute Gasteiger partial charge is 0.504 e. The normalized spacial score (nSPS) is 22.6. The Morgan fingerprint density at radius 1 is 1.55 bits per heavy atom. The van der Waals surface area contributed by atoms with Crippen LogP contribution in [-0.4, -0.2) is 53.7 Å². The van der Waals surface area contributed by atoms with E-state index in [1.807, 2.05) is 6.92 Å². The van der Waals surface area contributed by atoms with Crippen molar-refractivity contribution >= 4 is 21.8 Å². The van der Waals surface area contributed by atoms with E-state index in [-0.39, 0.29) is 23.9 Å². The molecule has 1 saturated heterocycles. The minimum Gasteiger partial charge on any atom is -0.504 e. The number of hydrogen-bond donors (Lipinski definition) is 1. The second kappa shape index (κ2) is 6.45. The van der Waals surface area contributed by atoms with Gasteiger partial charge in [-0.3, -0.25) is 4.79 Å². The standard InChI is InChI=1S/C14H18BrNO4/c1-9-7-16(8-11(6-15)20-9)14(18)10-3-4-13(19-2)12(17)5-10/h3-5,9,11,17H,6-8H2,1-2H3. The first-order chi connectivity index (χ1) is 9.55. The molecule has 2 unspecified atom stereocenters. The zero-order valence-corrected chi connectivity index (χ0v) is 13.1. The van der Waals surface area contributed by atoms with Crippen LogP contribution in [0.4, 0.5) is 0 Å². The smallest absolute Gasteiger partial charge is 0.254 e. The Morgan fingerprint density at radius 2 is 2.30 bits per heavy atom. The fourth-order valence-corrected chi connectivity index (χ4v) is 2.66. The molecule has 1 aromatic carbocycles. The van der Waals surface area contributed by atoms with Crippen LogP contribution < -0.4 is 4.74 Å². The first kappa shape index (κ1) is 15.1. The van der Waals surface area contributed by atoms with E-state index in [1.165, 1.54) is 13.2 Å². The number of methoxy groups -OCH3 is 1. The lowest BCUT2D eigenvalue weighted by Crippen LogP contribution is -2.49. The van der Waals surface area contributed by atoms with Crippen LogP contribution in [0.3, 0.4) is 0 Å². The third-order valence-corrected chi connectivity index (χ3v) is 3.93. The fraction of sp³-hybridized carbons (Fsp3) is 0.500. The number of benzene rings is 1. The Morgan fingerprint density at radius 3 is 2.90 bits per heavy atom. The van der Waals surface area contributed by atoms with Gasteiger partial charge in [0.15, 0.2) is 11.5 Å². The molecule has 1 aliphatic heterocycles. The maximum absolute atomic E-state index is 12.5. The molecule has 110 valence electrons. The van der Waals surface area contributed by atoms with Crippen molar-refractivity contribution in [1.29, 1.82) is 0 Å². The van der Waals surface area contributed by atoms with E-state index in [0.717, 1.165) is 0 Å². The van der Waals surface area contributed by atoms with Gasteiger partial charge in [-0.1, -0.05) is 15.9 Å². The summed E-state index contributed by atoms with van der Waals surface area (Å²) in [6.45, 7) is 3.04. The predicted molar refractivity (Wildman–Crippen MR) is 78.7 cm³/mol. The van der Waals surface area contributed by atoms with Crippen LogP contribution in [0.2, 0.25) is 0 Å². The number of rotatable bonds is 3. The first-order valence-electron chi connectivity index (χ1n) is 6.42. The molecule has 1 fully saturated rings. The van der Waals surface area contributed by atoms with Crippen LogP contribution in [0.1, 0.15) is 17.3 Å². The quantitative estimate of drug-likeness (QED) is 0.853. The van der Waals surface area contributed by atoms with Crippen molar-refractivity contribution in [1.82, 2.24) is 4.90 Å². The lowest BCUT2D eigenvalue weighted by Gasteiger charge is -2.36. The summed E-state index contributed by atoms with van der Waals surface area (Å²) in [6.07, 6.45) is -0.00311. The van der Waals surface area contributed by atoms with Crippen LogP contribution >= 0.6 is 15.9 Å². The molecule has 2 atom stereocenters. The lowest BCUT2D eigenvalue weighted by molar-refractivity contribution is -0.0559. The van der Waals surface area contributed by atoms with E-state index in [0.29, 0.717) is 29.7 Å². The predicted octanol–water partition coefficient (Wildman–Crippen LogP) is 2.03. The average Bonchev–Trinajstić information content (AvgIpc) is 2.45. The van der Waals surface area contributed by atoms with Crippen molar-refractivity contribution in [3.8, 4) is 11.5 Å². The molecule has 0 radical (unpaired) electrons. The van der Waals surface area contributed by atoms with Gasteiger partial charge in [0.25, 0.3) is 5.91 Å². The Hall–Kier alpha value is -1.27. The molecule has 0 spiro atoms. The molecule has 1 aliphatic rings. The third kappa shape index (κ3) is 3.24. The highest BCUT2D eigenvalue weighted by Crippen LogP contribution is 2.27. The van der Waals surface area contributed by atoms with E-state index in [4.69, 9.17) is 9.47 Å². The van der Waals surface area contributed by atoms with Crippen LogP contribution in [0, 0.1) is 0 Å². The number of carbonyl (C=O) groups excluding carboxylic acids is 1. The average molecular weight is 344 g/mol. The Labute approximate surface area is 126 Å². The highest BCUT2D eigenvalue weighted by Gasteiger charge is 2.28. The summed E-state index contributed by atoms with van der Waals surface area (Å²) in [4.78, 5) is 14.2. The van der Waals surface area contributed by atoms with E-state index in [9.17, 15) is 9.90 Å². The summed E-state index contributed by atoms with van der Waals surface area (Å²) in [5.74, 6) is 0.219. The van der Waals surface area contributed by atoms with Gasteiger partial charge in [-0.2, -0.15) is 0 Å². The topological polar surface area (TPSA) is 59.0 Å². The number of amides is 1. The minimum absolute atomic E-state index is 0.00194. The van der Waals surface area contributed by atoms with Crippen molar-refractivity contribution in [2.45, 2.75) is 19.1 Å². The molecular formula is C14H18BrNO4. The maximum Gasteiger partial charge on any atom is 0.254 e. The van der Waals surface area contributed by atoms with Gasteiger partial charge in [0.05, 0.1) is 19.3 Å². The maximum atomic E-state index is 12.5. The van der Waals surface area contributed by atoms with E-state index in [1.54, 1.807) is 17.0 Å². The van der Waals surface area contributed by atoms with Crippen molar-refractivity contribution in [2.24, 2.45) is 0 Å². The molecule has 1 N–H and O–H groups in total. The number of carbonyl (C=O) groups is 1. The van der Waals surface area contributed by atoms with Crippen LogP contribution in [0.5, 0.6) is 11.5 Å². The number of phenols is 1. The number of halogens is 1. The molecule has 0 saturated carbocycles. The molecule has 6 heteroatoms. The molecular weight excluding hydrogens is 326 g/mol. The van der Waals surface area contributed by atoms with Crippen LogP contribution in [-0.2, 0) is 4.74 Å². The minimum atomic E-state index is -0.107. The highest BCUT2D eigenvalue weighted by atomic mass is 79.9. The number of hydrogen-bond acceptors (Lipinski definition) is 4. The van der Waals surface area contributed by atoms with E-state index in [2.05, 4.69) is 15.9 Å². The Bertz CT molecular complexity index is 494. The number of aromatic hydroxyl groups is 1. The van der Waals surface area contributed by atoms with Crippen LogP contribution in [0.15, 0.2) is 18.2 Å². The van der Waals surface area contributed by atoms with E-state index < -0.39 is 0 Å². The van der Waals surface area contributed by atoms with Crippen molar-refractivity contribution in [3.05, 3.63) is 23.8 Å². The fourth-order valence-electron chi connectivity index (χ4n) is 2.30. The van der Waals surface area contributed by atoms with Crippen molar-refractivity contribution in [2.75, 3.05) is 25.5 Å². The SMILES string of the molecule is COc1ccc(C(=O)N2CC(C)OC(CBr)C2)cc1O. The van der Waals surface area contributed by atoms with Gasteiger partial charge in [0, 0.05) is 24.0 Å². The van der Waals surface area contributed by atoms with Gasteiger partial charge in [-0.05, 0) is 25.1 Å². The summed E-state index contributed by atoms with van der Waals surface area (Å²) in [6, 6.07) is 4.68. The second-order valence-electron chi connectivity index (χ2n) is 4.82.